The van der Waals surface area contributed by atoms with Crippen LogP contribution in [0.15, 0.2) is 42.6 Å². The Morgan fingerprint density at radius 3 is 2.21 bits per heavy atom. The molecule has 1 aromatic carbocycles. The van der Waals surface area contributed by atoms with Crippen LogP contribution in [0.4, 0.5) is 5.69 Å². The van der Waals surface area contributed by atoms with E-state index in [1.165, 1.54) is 17.8 Å². The lowest BCUT2D eigenvalue weighted by Crippen LogP contribution is -2.30. The number of nitrogens with zero attached hydrogens (tertiary/aromatic N) is 1. The second-order valence-corrected chi connectivity index (χ2v) is 6.29. The van der Waals surface area contributed by atoms with Crippen molar-refractivity contribution in [1.29, 1.82) is 0 Å². The second kappa shape index (κ2) is 7.73. The van der Waals surface area contributed by atoms with Crippen LogP contribution in [0.2, 0.25) is 0 Å². The van der Waals surface area contributed by atoms with Crippen LogP contribution in [0.5, 0.6) is 0 Å². The van der Waals surface area contributed by atoms with E-state index in [9.17, 15) is 9.59 Å². The molecular weight excluding hydrogens is 302 g/mol. The summed E-state index contributed by atoms with van der Waals surface area (Å²) in [4.78, 5) is 28.4. The van der Waals surface area contributed by atoms with Crippen molar-refractivity contribution in [2.45, 2.75) is 39.7 Å². The zero-order chi connectivity index (χ0) is 17.7. The van der Waals surface area contributed by atoms with Gasteiger partial charge in [-0.25, -0.2) is 0 Å². The summed E-state index contributed by atoms with van der Waals surface area (Å²) >= 11 is 0. The molecule has 0 unspecified atom stereocenters. The molecule has 2 rings (SSSR count). The molecule has 0 fully saturated rings. The fourth-order valence-electron chi connectivity index (χ4n) is 2.19. The van der Waals surface area contributed by atoms with Crippen LogP contribution in [0.3, 0.4) is 0 Å². The lowest BCUT2D eigenvalue weighted by molar-refractivity contribution is 0.0943. The van der Waals surface area contributed by atoms with Crippen LogP contribution < -0.4 is 10.6 Å². The van der Waals surface area contributed by atoms with Gasteiger partial charge < -0.3 is 10.6 Å². The lowest BCUT2D eigenvalue weighted by Gasteiger charge is -2.10. The maximum absolute atomic E-state index is 12.3. The molecule has 5 heteroatoms. The molecule has 2 N–H and O–H groups in total. The first kappa shape index (κ1) is 17.7. The average molecular weight is 325 g/mol. The molecule has 0 radical (unpaired) electrons. The summed E-state index contributed by atoms with van der Waals surface area (Å²) in [6.45, 7) is 8.00. The Hall–Kier alpha value is -2.69. The van der Waals surface area contributed by atoms with Crippen molar-refractivity contribution in [2.24, 2.45) is 0 Å². The van der Waals surface area contributed by atoms with Crippen LogP contribution in [0.25, 0.3) is 0 Å². The highest BCUT2D eigenvalue weighted by Gasteiger charge is 2.13. The van der Waals surface area contributed by atoms with Crippen LogP contribution in [0.1, 0.15) is 60.0 Å². The summed E-state index contributed by atoms with van der Waals surface area (Å²) in [5, 5.41) is 5.59. The van der Waals surface area contributed by atoms with Crippen LogP contribution in [-0.2, 0) is 0 Å². The lowest BCUT2D eigenvalue weighted by atomic mass is 10.0. The van der Waals surface area contributed by atoms with E-state index in [0.717, 1.165) is 0 Å². The van der Waals surface area contributed by atoms with E-state index >= 15 is 0 Å². The van der Waals surface area contributed by atoms with E-state index < -0.39 is 0 Å². The molecule has 2 amide bonds. The first-order valence-electron chi connectivity index (χ1n) is 8.05. The number of amides is 2. The molecule has 0 aliphatic heterocycles. The van der Waals surface area contributed by atoms with Crippen molar-refractivity contribution in [3.8, 4) is 0 Å². The van der Waals surface area contributed by atoms with Gasteiger partial charge in [-0.1, -0.05) is 26.0 Å². The van der Waals surface area contributed by atoms with Crippen molar-refractivity contribution in [3.05, 3.63) is 59.4 Å². The average Bonchev–Trinajstić information content (AvgIpc) is 2.54. The van der Waals surface area contributed by atoms with E-state index in [-0.39, 0.29) is 23.6 Å². The van der Waals surface area contributed by atoms with E-state index in [1.807, 2.05) is 38.1 Å². The number of pyridine rings is 1. The molecule has 0 aliphatic rings. The molecule has 2 aromatic rings. The summed E-state index contributed by atoms with van der Waals surface area (Å²) in [7, 11) is 0. The predicted molar refractivity (Wildman–Crippen MR) is 95.3 cm³/mol. The Morgan fingerprint density at radius 1 is 0.958 bits per heavy atom. The molecule has 24 heavy (non-hydrogen) atoms. The van der Waals surface area contributed by atoms with Gasteiger partial charge in [-0.05, 0) is 49.6 Å². The largest absolute Gasteiger partial charge is 0.350 e. The zero-order valence-corrected chi connectivity index (χ0v) is 14.5. The van der Waals surface area contributed by atoms with Crippen molar-refractivity contribution < 1.29 is 9.59 Å². The predicted octanol–water partition coefficient (Wildman–Crippen LogP) is 3.60. The van der Waals surface area contributed by atoms with Gasteiger partial charge in [0.05, 0.1) is 0 Å². The van der Waals surface area contributed by atoms with E-state index in [2.05, 4.69) is 29.5 Å². The van der Waals surface area contributed by atoms with Gasteiger partial charge in [0.15, 0.2) is 0 Å². The normalized spacial score (nSPS) is 10.8. The topological polar surface area (TPSA) is 71.1 Å². The Kier molecular flexibility index (Phi) is 5.68. The number of hydrogen-bond acceptors (Lipinski definition) is 3. The molecule has 0 spiro atoms. The maximum Gasteiger partial charge on any atom is 0.274 e. The minimum absolute atomic E-state index is 0.0300. The Morgan fingerprint density at radius 2 is 1.62 bits per heavy atom. The molecule has 0 saturated carbocycles. The quantitative estimate of drug-likeness (QED) is 0.882. The van der Waals surface area contributed by atoms with Gasteiger partial charge in [0, 0.05) is 23.5 Å². The van der Waals surface area contributed by atoms with Gasteiger partial charge in [-0.15, -0.1) is 0 Å². The number of nitrogens with one attached hydrogen (secondary N) is 2. The van der Waals surface area contributed by atoms with Crippen molar-refractivity contribution in [2.75, 3.05) is 5.32 Å². The molecular formula is C19H23N3O2. The number of hydrogen-bond donors (Lipinski definition) is 2. The summed E-state index contributed by atoms with van der Waals surface area (Å²) in [6, 6.07) is 10.8. The van der Waals surface area contributed by atoms with Gasteiger partial charge >= 0.3 is 0 Å². The Bertz CT molecular complexity index is 722. The monoisotopic (exact) mass is 325 g/mol. The molecule has 1 heterocycles. The number of anilines is 1. The second-order valence-electron chi connectivity index (χ2n) is 6.29. The fourth-order valence-corrected chi connectivity index (χ4v) is 2.19. The minimum atomic E-state index is -0.341. The van der Waals surface area contributed by atoms with Gasteiger partial charge in [-0.2, -0.15) is 0 Å². The molecule has 5 nitrogen and oxygen atoms in total. The minimum Gasteiger partial charge on any atom is -0.350 e. The SMILES string of the molecule is CC(C)NC(=O)c1ccnc(C(=O)Nc2ccc(C(C)C)cc2)c1. The van der Waals surface area contributed by atoms with Crippen molar-refractivity contribution >= 4 is 17.5 Å². The van der Waals surface area contributed by atoms with E-state index in [1.54, 1.807) is 6.07 Å². The highest BCUT2D eigenvalue weighted by atomic mass is 16.2. The zero-order valence-electron chi connectivity index (χ0n) is 14.5. The first-order valence-corrected chi connectivity index (χ1v) is 8.05. The molecule has 0 aliphatic carbocycles. The first-order chi connectivity index (χ1) is 11.4. The highest BCUT2D eigenvalue weighted by molar-refractivity contribution is 6.04. The fraction of sp³-hybridized carbons (Fsp3) is 0.316. The molecule has 0 atom stereocenters. The Labute approximate surface area is 142 Å². The number of rotatable bonds is 5. The molecule has 1 aromatic heterocycles. The summed E-state index contributed by atoms with van der Waals surface area (Å²) in [5.41, 5.74) is 2.53. The summed E-state index contributed by atoms with van der Waals surface area (Å²) in [6.07, 6.45) is 1.46. The van der Waals surface area contributed by atoms with Crippen molar-refractivity contribution in [3.63, 3.8) is 0 Å². The number of benzene rings is 1. The third kappa shape index (κ3) is 4.65. The van der Waals surface area contributed by atoms with Gasteiger partial charge in [0.2, 0.25) is 0 Å². The van der Waals surface area contributed by atoms with Crippen molar-refractivity contribution in [1.82, 2.24) is 10.3 Å². The third-order valence-electron chi connectivity index (χ3n) is 3.51. The van der Waals surface area contributed by atoms with Gasteiger partial charge in [0.25, 0.3) is 11.8 Å². The van der Waals surface area contributed by atoms with Crippen LogP contribution in [-0.4, -0.2) is 22.8 Å². The summed E-state index contributed by atoms with van der Waals surface area (Å²) in [5.74, 6) is -0.123. The molecule has 0 bridgehead atoms. The van der Waals surface area contributed by atoms with Gasteiger partial charge in [-0.3, -0.25) is 14.6 Å². The number of carbonyl (C=O) groups excluding carboxylic acids is 2. The van der Waals surface area contributed by atoms with Crippen LogP contribution >= 0.6 is 0 Å². The molecule has 126 valence electrons. The maximum atomic E-state index is 12.3. The van der Waals surface area contributed by atoms with E-state index in [4.69, 9.17) is 0 Å². The Balaban J connectivity index is 2.11. The third-order valence-corrected chi connectivity index (χ3v) is 3.51. The standard InChI is InChI=1S/C19H23N3O2/c1-12(2)14-5-7-16(8-6-14)22-19(24)17-11-15(9-10-20-17)18(23)21-13(3)4/h5-13H,1-4H3,(H,21,23)(H,22,24). The smallest absolute Gasteiger partial charge is 0.274 e. The highest BCUT2D eigenvalue weighted by Crippen LogP contribution is 2.17. The number of carbonyl (C=O) groups is 2. The number of aromatic nitrogens is 1. The van der Waals surface area contributed by atoms with Gasteiger partial charge in [0.1, 0.15) is 5.69 Å². The van der Waals surface area contributed by atoms with Crippen LogP contribution in [0, 0.1) is 0 Å². The van der Waals surface area contributed by atoms with E-state index in [0.29, 0.717) is 17.2 Å². The molecule has 0 saturated heterocycles. The summed E-state index contributed by atoms with van der Waals surface area (Å²) < 4.78 is 0.